The van der Waals surface area contributed by atoms with Crippen molar-refractivity contribution >= 4 is 11.8 Å². The van der Waals surface area contributed by atoms with E-state index in [4.69, 9.17) is 10.2 Å². The van der Waals surface area contributed by atoms with E-state index in [1.807, 2.05) is 0 Å². The summed E-state index contributed by atoms with van der Waals surface area (Å²) in [6.45, 7) is 3.60. The number of aliphatic hydroxyl groups excluding tert-OH is 2. The third-order valence-corrected chi connectivity index (χ3v) is 3.92. The molecule has 6 nitrogen and oxygen atoms in total. The zero-order chi connectivity index (χ0) is 22.9. The second kappa shape index (κ2) is 8.35. The Kier molecular flexibility index (Phi) is 7.84. The zero-order valence-electron chi connectivity index (χ0n) is 15.0. The Balaban J connectivity index is 5.87. The molecule has 0 aromatic carbocycles. The van der Waals surface area contributed by atoms with E-state index in [9.17, 15) is 44.7 Å². The van der Waals surface area contributed by atoms with Gasteiger partial charge >= 0.3 is 23.7 Å². The lowest BCUT2D eigenvalue weighted by Crippen LogP contribution is -2.70. The highest BCUT2D eigenvalue weighted by Gasteiger charge is 2.84. The van der Waals surface area contributed by atoms with Crippen molar-refractivity contribution in [3.05, 3.63) is 0 Å². The number of carbonyl (C=O) groups excluding carboxylic acids is 2. The lowest BCUT2D eigenvalue weighted by molar-refractivity contribution is -0.347. The Morgan fingerprint density at radius 3 is 1.04 bits per heavy atom. The van der Waals surface area contributed by atoms with E-state index < -0.39 is 59.8 Å². The van der Waals surface area contributed by atoms with Crippen LogP contribution in [0.4, 0.5) is 35.1 Å². The molecule has 0 radical (unpaired) electrons. The highest BCUT2D eigenvalue weighted by Crippen LogP contribution is 2.52. The molecule has 0 bridgehead atoms. The molecule has 0 aliphatic carbocycles. The molecular weight excluding hydrogens is 412 g/mol. The first-order chi connectivity index (χ1) is 12.2. The van der Waals surface area contributed by atoms with E-state index >= 15 is 0 Å². The molecule has 4 N–H and O–H groups in total. The van der Waals surface area contributed by atoms with E-state index in [-0.39, 0.29) is 0 Å². The maximum Gasteiger partial charge on any atom is 0.392 e. The molecule has 0 saturated carbocycles. The first-order valence-electron chi connectivity index (χ1n) is 7.74. The van der Waals surface area contributed by atoms with Gasteiger partial charge in [0.05, 0.1) is 24.3 Å². The predicted octanol–water partition coefficient (Wildman–Crippen LogP) is 1.30. The number of amides is 2. The maximum atomic E-state index is 13.7. The van der Waals surface area contributed by atoms with Crippen molar-refractivity contribution in [2.24, 2.45) is 0 Å². The largest absolute Gasteiger partial charge is 0.392 e. The fraction of sp³-hybridized carbons (Fsp3) is 0.857. The standard InChI is InChI=1S/C14H20F8N2O4/c1-5(7(3)25)23-9(27)11(15,16)13(19,20)14(21,22)12(17,18)10(28)24-6(2)8(4)26/h5-8,25-26H,1-4H3,(H,23,27)(H,24,28). The van der Waals surface area contributed by atoms with Crippen LogP contribution < -0.4 is 10.6 Å². The Morgan fingerprint density at radius 2 is 0.857 bits per heavy atom. The van der Waals surface area contributed by atoms with Crippen LogP contribution in [0.5, 0.6) is 0 Å². The molecule has 0 heterocycles. The number of alkyl halides is 8. The van der Waals surface area contributed by atoms with Crippen LogP contribution in [0.2, 0.25) is 0 Å². The molecular formula is C14H20F8N2O4. The molecule has 28 heavy (non-hydrogen) atoms. The first-order valence-corrected chi connectivity index (χ1v) is 7.74. The lowest BCUT2D eigenvalue weighted by atomic mass is 9.96. The third kappa shape index (κ3) is 4.64. The van der Waals surface area contributed by atoms with Gasteiger partial charge in [0.15, 0.2) is 0 Å². The second-order valence-corrected chi connectivity index (χ2v) is 6.30. The van der Waals surface area contributed by atoms with E-state index in [0.29, 0.717) is 0 Å². The quantitative estimate of drug-likeness (QED) is 0.413. The van der Waals surface area contributed by atoms with E-state index in [1.54, 1.807) is 0 Å². The second-order valence-electron chi connectivity index (χ2n) is 6.30. The fourth-order valence-electron chi connectivity index (χ4n) is 1.52. The summed E-state index contributed by atoms with van der Waals surface area (Å²) in [5, 5.41) is 20.3. The molecule has 166 valence electrons. The topological polar surface area (TPSA) is 98.7 Å². The number of aliphatic hydroxyl groups is 2. The SMILES string of the molecule is CC(O)C(C)NC(=O)C(F)(F)C(F)(F)C(F)(F)C(F)(F)C(=O)NC(C)C(C)O. The Labute approximate surface area is 154 Å². The zero-order valence-corrected chi connectivity index (χ0v) is 15.0. The molecule has 14 heteroatoms. The van der Waals surface area contributed by atoms with Gasteiger partial charge in [0.25, 0.3) is 11.8 Å². The molecule has 0 aromatic rings. The van der Waals surface area contributed by atoms with Crippen LogP contribution in [0.1, 0.15) is 27.7 Å². The number of nitrogens with one attached hydrogen (secondary N) is 2. The summed E-state index contributed by atoms with van der Waals surface area (Å²) in [6, 6.07) is -3.23. The van der Waals surface area contributed by atoms with Gasteiger partial charge in [-0.25, -0.2) is 0 Å². The summed E-state index contributed by atoms with van der Waals surface area (Å²) < 4.78 is 109. The minimum Gasteiger partial charge on any atom is -0.391 e. The number of halogens is 8. The van der Waals surface area contributed by atoms with Gasteiger partial charge in [-0.2, -0.15) is 35.1 Å². The van der Waals surface area contributed by atoms with Crippen molar-refractivity contribution < 1.29 is 54.9 Å². The monoisotopic (exact) mass is 432 g/mol. The molecule has 0 saturated heterocycles. The van der Waals surface area contributed by atoms with Crippen LogP contribution in [-0.2, 0) is 9.59 Å². The molecule has 0 rings (SSSR count). The number of hydrogen-bond donors (Lipinski definition) is 4. The number of rotatable bonds is 9. The van der Waals surface area contributed by atoms with Crippen molar-refractivity contribution in [1.29, 1.82) is 0 Å². The molecule has 0 fully saturated rings. The molecule has 0 aliphatic heterocycles. The number of hydrogen-bond acceptors (Lipinski definition) is 4. The molecule has 0 aliphatic rings. The smallest absolute Gasteiger partial charge is 0.391 e. The highest BCUT2D eigenvalue weighted by molar-refractivity contribution is 5.87. The predicted molar refractivity (Wildman–Crippen MR) is 78.4 cm³/mol. The van der Waals surface area contributed by atoms with E-state index in [1.165, 1.54) is 0 Å². The average Bonchev–Trinajstić information content (AvgIpc) is 2.53. The van der Waals surface area contributed by atoms with E-state index in [0.717, 1.165) is 38.3 Å². The summed E-state index contributed by atoms with van der Waals surface area (Å²) in [4.78, 5) is 22.5. The van der Waals surface area contributed by atoms with Crippen molar-refractivity contribution in [1.82, 2.24) is 10.6 Å². The third-order valence-electron chi connectivity index (χ3n) is 3.92. The molecule has 0 aromatic heterocycles. The fourth-order valence-corrected chi connectivity index (χ4v) is 1.52. The van der Waals surface area contributed by atoms with Gasteiger partial charge in [-0.3, -0.25) is 9.59 Å². The molecule has 0 spiro atoms. The van der Waals surface area contributed by atoms with Gasteiger partial charge in [0.2, 0.25) is 0 Å². The van der Waals surface area contributed by atoms with Crippen LogP contribution in [0, 0.1) is 0 Å². The molecule has 2 amide bonds. The van der Waals surface area contributed by atoms with Crippen molar-refractivity contribution in [2.45, 2.75) is 75.7 Å². The summed E-state index contributed by atoms with van der Waals surface area (Å²) in [6.07, 6.45) is -3.13. The van der Waals surface area contributed by atoms with Crippen LogP contribution in [0.25, 0.3) is 0 Å². The van der Waals surface area contributed by atoms with Gasteiger partial charge in [-0.15, -0.1) is 0 Å². The summed E-state index contributed by atoms with van der Waals surface area (Å²) in [7, 11) is 0. The van der Waals surface area contributed by atoms with Gasteiger partial charge in [0.1, 0.15) is 0 Å². The van der Waals surface area contributed by atoms with Gasteiger partial charge < -0.3 is 20.8 Å². The highest BCUT2D eigenvalue weighted by atomic mass is 19.4. The number of carbonyl (C=O) groups is 2. The van der Waals surface area contributed by atoms with Crippen LogP contribution in [-0.4, -0.2) is 70.0 Å². The minimum absolute atomic E-state index is 0.856. The Hall–Kier alpha value is -1.70. The van der Waals surface area contributed by atoms with Crippen LogP contribution in [0.3, 0.4) is 0 Å². The summed E-state index contributed by atoms with van der Waals surface area (Å²) in [5.74, 6) is -32.9. The summed E-state index contributed by atoms with van der Waals surface area (Å²) >= 11 is 0. The lowest BCUT2D eigenvalue weighted by Gasteiger charge is -2.36. The first kappa shape index (κ1) is 26.3. The van der Waals surface area contributed by atoms with Gasteiger partial charge in [-0.05, 0) is 27.7 Å². The normalized spacial score (nSPS) is 18.1. The van der Waals surface area contributed by atoms with Crippen molar-refractivity contribution in [2.75, 3.05) is 0 Å². The van der Waals surface area contributed by atoms with Crippen molar-refractivity contribution in [3.63, 3.8) is 0 Å². The Bertz CT molecular complexity index is 534. The van der Waals surface area contributed by atoms with Crippen LogP contribution >= 0.6 is 0 Å². The molecule has 4 atom stereocenters. The average molecular weight is 432 g/mol. The van der Waals surface area contributed by atoms with Crippen molar-refractivity contribution in [3.8, 4) is 0 Å². The summed E-state index contributed by atoms with van der Waals surface area (Å²) in [5.41, 5.74) is 0. The minimum atomic E-state index is -7.00. The van der Waals surface area contributed by atoms with Gasteiger partial charge in [-0.1, -0.05) is 0 Å². The van der Waals surface area contributed by atoms with Gasteiger partial charge in [0, 0.05) is 0 Å². The Morgan fingerprint density at radius 1 is 0.643 bits per heavy atom. The molecule has 4 unspecified atom stereocenters. The maximum absolute atomic E-state index is 13.7. The van der Waals surface area contributed by atoms with E-state index in [2.05, 4.69) is 0 Å². The van der Waals surface area contributed by atoms with Crippen LogP contribution in [0.15, 0.2) is 0 Å².